The highest BCUT2D eigenvalue weighted by Gasteiger charge is 2.53. The molecule has 1 aromatic carbocycles. The van der Waals surface area contributed by atoms with Gasteiger partial charge in [0.1, 0.15) is 22.7 Å². The average molecular weight is 514 g/mol. The summed E-state index contributed by atoms with van der Waals surface area (Å²) in [6, 6.07) is 5.26. The molecule has 0 saturated carbocycles. The lowest BCUT2D eigenvalue weighted by Gasteiger charge is -2.27. The van der Waals surface area contributed by atoms with Crippen molar-refractivity contribution in [3.05, 3.63) is 113 Å². The number of hydrogen-bond acceptors (Lipinski definition) is 8. The first-order valence-corrected chi connectivity index (χ1v) is 12.5. The fourth-order valence-electron chi connectivity index (χ4n) is 6.31. The summed E-state index contributed by atoms with van der Waals surface area (Å²) in [5.41, 5.74) is -4.91. The number of fused-ring (bicyclic) bond motifs is 4. The number of aromatic amines is 1. The van der Waals surface area contributed by atoms with Crippen LogP contribution in [0, 0.1) is 10.4 Å². The number of benzene rings is 1. The smallest absolute Gasteiger partial charge is 0.259 e. The van der Waals surface area contributed by atoms with Crippen molar-refractivity contribution >= 4 is 22.3 Å². The predicted molar refractivity (Wildman–Crippen MR) is 140 cm³/mol. The second-order valence-electron chi connectivity index (χ2n) is 10.1. The Morgan fingerprint density at radius 1 is 0.842 bits per heavy atom. The number of phenolic OH excluding ortho intramolecular Hbond substituents is 1. The van der Waals surface area contributed by atoms with Crippen LogP contribution in [0.2, 0.25) is 0 Å². The van der Waals surface area contributed by atoms with Crippen molar-refractivity contribution in [3.63, 3.8) is 0 Å². The Bertz CT molecular complexity index is 2090. The van der Waals surface area contributed by atoms with Gasteiger partial charge in [-0.15, -0.1) is 0 Å². The quantitative estimate of drug-likeness (QED) is 0.282. The van der Waals surface area contributed by atoms with Crippen LogP contribution >= 0.6 is 0 Å². The minimum Gasteiger partial charge on any atom is -0.510 e. The van der Waals surface area contributed by atoms with Crippen molar-refractivity contribution in [2.75, 3.05) is 0 Å². The molecule has 4 N–H and O–H groups in total. The van der Waals surface area contributed by atoms with Crippen LogP contribution < -0.4 is 37.7 Å². The highest BCUT2D eigenvalue weighted by Crippen LogP contribution is 2.54. The van der Waals surface area contributed by atoms with E-state index < -0.39 is 70.8 Å². The number of aromatic nitrogens is 1. The third kappa shape index (κ3) is 2.84. The number of hydrogen-bond donors (Lipinski definition) is 4. The SMILES string of the molecule is CCCCCc1cc2cc3c(c(O)c2c(=O)[nH]1)C1(CC3)C(O)=c2c(=O)c3c(=O)ccc(=O)c=3c(=O)c2=C1O. The number of rotatable bonds is 4. The van der Waals surface area contributed by atoms with Gasteiger partial charge in [0.25, 0.3) is 5.56 Å². The van der Waals surface area contributed by atoms with Gasteiger partial charge in [-0.2, -0.15) is 0 Å². The number of aromatic hydroxyl groups is 1. The molecule has 0 saturated heterocycles. The first-order valence-electron chi connectivity index (χ1n) is 12.5. The number of nitrogens with one attached hydrogen (secondary N) is 1. The number of aliphatic hydroxyl groups excluding tert-OH is 2. The molecule has 1 spiro atoms. The van der Waals surface area contributed by atoms with Crippen LogP contribution in [-0.2, 0) is 18.3 Å². The topological polar surface area (TPSA) is 162 Å². The van der Waals surface area contributed by atoms with Gasteiger partial charge in [0.05, 0.1) is 26.3 Å². The molecule has 0 fully saturated rings. The number of unbranched alkanes of at least 4 members (excludes halogenated alkanes) is 2. The summed E-state index contributed by atoms with van der Waals surface area (Å²) < 4.78 is 0. The molecule has 38 heavy (non-hydrogen) atoms. The van der Waals surface area contributed by atoms with Gasteiger partial charge in [-0.25, -0.2) is 0 Å². The van der Waals surface area contributed by atoms with Crippen molar-refractivity contribution in [2.45, 2.75) is 50.9 Å². The van der Waals surface area contributed by atoms with Crippen LogP contribution in [0.3, 0.4) is 0 Å². The molecular weight excluding hydrogens is 490 g/mol. The Labute approximate surface area is 212 Å². The van der Waals surface area contributed by atoms with Crippen molar-refractivity contribution in [1.29, 1.82) is 0 Å². The van der Waals surface area contributed by atoms with Gasteiger partial charge in [0.2, 0.25) is 10.9 Å². The lowest BCUT2D eigenvalue weighted by atomic mass is 9.78. The van der Waals surface area contributed by atoms with Crippen molar-refractivity contribution in [2.24, 2.45) is 0 Å². The fraction of sp³-hybridized carbons (Fsp3) is 0.276. The van der Waals surface area contributed by atoms with E-state index in [2.05, 4.69) is 11.9 Å². The zero-order valence-electron chi connectivity index (χ0n) is 20.4. The van der Waals surface area contributed by atoms with Gasteiger partial charge in [-0.1, -0.05) is 25.8 Å². The summed E-state index contributed by atoms with van der Waals surface area (Å²) in [6.45, 7) is 2.08. The van der Waals surface area contributed by atoms with E-state index in [4.69, 9.17) is 0 Å². The minimum absolute atomic E-state index is 0.0104. The van der Waals surface area contributed by atoms with E-state index in [-0.39, 0.29) is 23.8 Å². The maximum Gasteiger partial charge on any atom is 0.259 e. The van der Waals surface area contributed by atoms with Gasteiger partial charge >= 0.3 is 0 Å². The first kappa shape index (κ1) is 23.8. The molecule has 0 radical (unpaired) electrons. The predicted octanol–water partition coefficient (Wildman–Crippen LogP) is 0.238. The maximum absolute atomic E-state index is 13.3. The average Bonchev–Trinajstić information content (AvgIpc) is 3.36. The van der Waals surface area contributed by atoms with E-state index in [9.17, 15) is 39.3 Å². The molecule has 0 bridgehead atoms. The molecular formula is C29H23NO8. The first-order chi connectivity index (χ1) is 18.1. The zero-order valence-corrected chi connectivity index (χ0v) is 20.4. The Hall–Kier alpha value is -4.53. The van der Waals surface area contributed by atoms with E-state index in [1.807, 2.05) is 0 Å². The number of aryl methyl sites for hydroxylation is 2. The van der Waals surface area contributed by atoms with Crippen molar-refractivity contribution in [3.8, 4) is 5.75 Å². The van der Waals surface area contributed by atoms with Crippen LogP contribution in [0.25, 0.3) is 22.3 Å². The molecule has 1 aromatic heterocycles. The highest BCUT2D eigenvalue weighted by molar-refractivity contribution is 5.94. The van der Waals surface area contributed by atoms with Crippen LogP contribution in [0.1, 0.15) is 49.4 Å². The summed E-state index contributed by atoms with van der Waals surface area (Å²) in [6.07, 6.45) is 3.82. The van der Waals surface area contributed by atoms with Crippen LogP contribution in [0.15, 0.2) is 48.2 Å². The van der Waals surface area contributed by atoms with Gasteiger partial charge < -0.3 is 20.3 Å². The van der Waals surface area contributed by atoms with E-state index in [0.717, 1.165) is 37.1 Å². The molecule has 2 aromatic rings. The Morgan fingerprint density at radius 2 is 1.45 bits per heavy atom. The number of phenols is 1. The Kier molecular flexibility index (Phi) is 5.01. The summed E-state index contributed by atoms with van der Waals surface area (Å²) >= 11 is 0. The van der Waals surface area contributed by atoms with E-state index in [1.165, 1.54) is 0 Å². The molecule has 0 amide bonds. The Balaban J connectivity index is 1.71. The zero-order chi connectivity index (χ0) is 27.1. The normalized spacial score (nSPS) is 15.6. The van der Waals surface area contributed by atoms with Gasteiger partial charge in [-0.3, -0.25) is 24.0 Å². The lowest BCUT2D eigenvalue weighted by molar-refractivity contribution is 0.362. The lowest BCUT2D eigenvalue weighted by Crippen LogP contribution is -2.51. The molecule has 0 unspecified atom stereocenters. The van der Waals surface area contributed by atoms with Gasteiger partial charge in [0, 0.05) is 11.3 Å². The van der Waals surface area contributed by atoms with E-state index in [0.29, 0.717) is 17.4 Å². The van der Waals surface area contributed by atoms with Crippen LogP contribution in [0.4, 0.5) is 0 Å². The van der Waals surface area contributed by atoms with E-state index >= 15 is 0 Å². The molecule has 4 aliphatic carbocycles. The molecule has 4 aliphatic rings. The highest BCUT2D eigenvalue weighted by atomic mass is 16.3. The maximum atomic E-state index is 13.3. The summed E-state index contributed by atoms with van der Waals surface area (Å²) in [5, 5.41) is 32.3. The number of aliphatic hydroxyl groups is 2. The third-order valence-electron chi connectivity index (χ3n) is 8.06. The molecule has 0 aliphatic heterocycles. The molecule has 192 valence electrons. The minimum atomic E-state index is -1.87. The molecule has 0 atom stereocenters. The van der Waals surface area contributed by atoms with E-state index in [1.54, 1.807) is 12.1 Å². The van der Waals surface area contributed by atoms with Crippen molar-refractivity contribution < 1.29 is 15.3 Å². The van der Waals surface area contributed by atoms with Crippen LogP contribution in [-0.4, -0.2) is 20.3 Å². The molecule has 1 heterocycles. The monoisotopic (exact) mass is 513 g/mol. The second kappa shape index (κ2) is 7.98. The summed E-state index contributed by atoms with van der Waals surface area (Å²) in [7, 11) is 0. The summed E-state index contributed by atoms with van der Waals surface area (Å²) in [4.78, 5) is 67.4. The fourth-order valence-corrected chi connectivity index (χ4v) is 6.31. The molecule has 6 rings (SSSR count). The molecule has 9 heteroatoms. The standard InChI is InChI=1S/C29H23NO8/c1-2-3-4-5-14-11-13-10-12-8-9-29(22(12)25(35)17(13)28(38)30-14)26(36)20-21(27(29)37)24(34)19-16(32)7-6-15(31)18(19)23(20)33/h6-7,10-11,35-37H,2-5,8-9H2,1H3,(H,30,38). The third-order valence-corrected chi connectivity index (χ3v) is 8.06. The second-order valence-corrected chi connectivity index (χ2v) is 10.1. The molecule has 9 nitrogen and oxygen atoms in total. The van der Waals surface area contributed by atoms with Gasteiger partial charge in [0.15, 0.2) is 10.9 Å². The number of pyridine rings is 1. The van der Waals surface area contributed by atoms with Crippen molar-refractivity contribution in [1.82, 2.24) is 4.98 Å². The number of H-pyrrole nitrogens is 1. The summed E-state index contributed by atoms with van der Waals surface area (Å²) in [5.74, 6) is -1.85. The largest absolute Gasteiger partial charge is 0.510 e. The van der Waals surface area contributed by atoms with Gasteiger partial charge in [-0.05, 0) is 54.8 Å². The van der Waals surface area contributed by atoms with Crippen LogP contribution in [0.5, 0.6) is 5.75 Å². The Morgan fingerprint density at radius 3 is 2.03 bits per heavy atom.